The molecule has 5 rings (SSSR count). The first-order valence-electron chi connectivity index (χ1n) is 10.7. The third-order valence-corrected chi connectivity index (χ3v) is 5.72. The zero-order valence-electron chi connectivity index (χ0n) is 18.1. The van der Waals surface area contributed by atoms with Crippen LogP contribution in [0.1, 0.15) is 18.7 Å². The Hall–Kier alpha value is -4.29. The predicted molar refractivity (Wildman–Crippen MR) is 118 cm³/mol. The van der Waals surface area contributed by atoms with Crippen LogP contribution in [-0.4, -0.2) is 53.9 Å². The maximum absolute atomic E-state index is 13.1. The molecule has 0 bridgehead atoms. The molecule has 0 saturated carbocycles. The summed E-state index contributed by atoms with van der Waals surface area (Å²) >= 11 is 0. The fourth-order valence-corrected chi connectivity index (χ4v) is 3.93. The number of anilines is 2. The second kappa shape index (κ2) is 8.81. The number of piperidine rings is 1. The van der Waals surface area contributed by atoms with Gasteiger partial charge in [-0.25, -0.2) is 9.97 Å². The van der Waals surface area contributed by atoms with Gasteiger partial charge in [-0.2, -0.15) is 17.7 Å². The number of nitrogens with one attached hydrogen (secondary N) is 1. The topological polar surface area (TPSA) is 121 Å². The number of hydrogen-bond donors (Lipinski definition) is 2. The Bertz CT molecular complexity index is 1370. The van der Waals surface area contributed by atoms with Crippen LogP contribution >= 0.6 is 0 Å². The molecule has 13 heteroatoms. The van der Waals surface area contributed by atoms with E-state index in [0.717, 1.165) is 0 Å². The van der Waals surface area contributed by atoms with Crippen molar-refractivity contribution in [3.8, 4) is 17.1 Å². The van der Waals surface area contributed by atoms with E-state index in [4.69, 9.17) is 0 Å². The number of halogens is 3. The molecule has 1 aliphatic rings. The fraction of sp³-hybridized carbons (Fsp3) is 0.273. The minimum atomic E-state index is -4.67. The molecular formula is C22H19F3N8O2. The van der Waals surface area contributed by atoms with Crippen molar-refractivity contribution in [2.45, 2.75) is 19.0 Å². The summed E-state index contributed by atoms with van der Waals surface area (Å²) < 4.78 is 40.1. The van der Waals surface area contributed by atoms with Gasteiger partial charge in [0.15, 0.2) is 11.5 Å². The Balaban J connectivity index is 1.21. The average Bonchev–Trinajstić information content (AvgIpc) is 3.29. The summed E-state index contributed by atoms with van der Waals surface area (Å²) in [5.41, 5.74) is 1.10. The summed E-state index contributed by atoms with van der Waals surface area (Å²) in [5.74, 6) is -0.759. The summed E-state index contributed by atoms with van der Waals surface area (Å²) in [6.45, 7) is 0.903. The number of aromatic nitrogens is 6. The normalized spacial score (nSPS) is 14.9. The van der Waals surface area contributed by atoms with Crippen LogP contribution in [0.4, 0.5) is 24.7 Å². The van der Waals surface area contributed by atoms with Gasteiger partial charge < -0.3 is 15.3 Å². The number of rotatable bonds is 4. The molecule has 0 atom stereocenters. The van der Waals surface area contributed by atoms with E-state index in [9.17, 15) is 23.1 Å². The summed E-state index contributed by atoms with van der Waals surface area (Å²) in [5, 5.41) is 23.2. The van der Waals surface area contributed by atoms with Crippen LogP contribution in [0, 0.1) is 5.92 Å². The standard InChI is InChI=1S/C22H19F3N8O2/c23-22(24,25)21-30-29-17-4-5-18(31-33(17)21)32-8-6-13(7-9-32)20(35)28-15-11-26-19(27-12-15)14-2-1-3-16(34)10-14/h1-5,10-13,34H,6-9H2,(H,28,35). The van der Waals surface area contributed by atoms with Crippen LogP contribution in [0.5, 0.6) is 5.75 Å². The minimum absolute atomic E-state index is 0.00708. The van der Waals surface area contributed by atoms with Crippen molar-refractivity contribution in [3.05, 3.63) is 54.6 Å². The van der Waals surface area contributed by atoms with Crippen molar-refractivity contribution in [2.75, 3.05) is 23.3 Å². The van der Waals surface area contributed by atoms with Gasteiger partial charge >= 0.3 is 6.18 Å². The van der Waals surface area contributed by atoms with Gasteiger partial charge in [-0.15, -0.1) is 15.3 Å². The number of aromatic hydroxyl groups is 1. The molecular weight excluding hydrogens is 465 g/mol. The van der Waals surface area contributed by atoms with E-state index >= 15 is 0 Å². The van der Waals surface area contributed by atoms with Crippen molar-refractivity contribution in [3.63, 3.8) is 0 Å². The molecule has 4 aromatic rings. The van der Waals surface area contributed by atoms with Gasteiger partial charge in [-0.05, 0) is 37.1 Å². The highest BCUT2D eigenvalue weighted by Crippen LogP contribution is 2.29. The Morgan fingerprint density at radius 2 is 1.80 bits per heavy atom. The van der Waals surface area contributed by atoms with E-state index < -0.39 is 12.0 Å². The lowest BCUT2D eigenvalue weighted by Gasteiger charge is -2.32. The monoisotopic (exact) mass is 484 g/mol. The number of phenols is 1. The number of carbonyl (C=O) groups excluding carboxylic acids is 1. The first kappa shape index (κ1) is 22.5. The molecule has 180 valence electrons. The number of phenolic OH excluding ortho intramolecular Hbond substituents is 1. The van der Waals surface area contributed by atoms with Gasteiger partial charge in [0.1, 0.15) is 11.6 Å². The second-order valence-electron chi connectivity index (χ2n) is 8.08. The van der Waals surface area contributed by atoms with Crippen molar-refractivity contribution < 1.29 is 23.1 Å². The number of amides is 1. The SMILES string of the molecule is O=C(Nc1cnc(-c2cccc(O)c2)nc1)C1CCN(c2ccc3nnc(C(F)(F)F)n3n2)CC1. The highest BCUT2D eigenvalue weighted by molar-refractivity contribution is 5.92. The third-order valence-electron chi connectivity index (χ3n) is 5.72. The Morgan fingerprint density at radius 1 is 1.06 bits per heavy atom. The average molecular weight is 484 g/mol. The van der Waals surface area contributed by atoms with E-state index in [1.165, 1.54) is 18.5 Å². The molecule has 1 aromatic carbocycles. The van der Waals surface area contributed by atoms with Gasteiger partial charge in [0.25, 0.3) is 5.82 Å². The van der Waals surface area contributed by atoms with Crippen molar-refractivity contribution in [1.29, 1.82) is 0 Å². The van der Waals surface area contributed by atoms with Crippen LogP contribution in [0.15, 0.2) is 48.8 Å². The summed E-state index contributed by atoms with van der Waals surface area (Å²) in [7, 11) is 0. The molecule has 10 nitrogen and oxygen atoms in total. The van der Waals surface area contributed by atoms with Crippen LogP contribution in [-0.2, 0) is 11.0 Å². The summed E-state index contributed by atoms with van der Waals surface area (Å²) in [6.07, 6.45) is -0.670. The minimum Gasteiger partial charge on any atom is -0.508 e. The molecule has 35 heavy (non-hydrogen) atoms. The Labute approximate surface area is 196 Å². The molecule has 1 aliphatic heterocycles. The number of hydrogen-bond acceptors (Lipinski definition) is 8. The maximum Gasteiger partial charge on any atom is 0.453 e. The number of benzene rings is 1. The summed E-state index contributed by atoms with van der Waals surface area (Å²) in [6, 6.07) is 9.57. The highest BCUT2D eigenvalue weighted by atomic mass is 19.4. The van der Waals surface area contributed by atoms with Gasteiger partial charge in [-0.1, -0.05) is 12.1 Å². The Kier molecular flexibility index (Phi) is 5.67. The van der Waals surface area contributed by atoms with E-state index in [1.807, 2.05) is 4.90 Å². The van der Waals surface area contributed by atoms with Crippen LogP contribution in [0.2, 0.25) is 0 Å². The number of alkyl halides is 3. The predicted octanol–water partition coefficient (Wildman–Crippen LogP) is 3.16. The van der Waals surface area contributed by atoms with Crippen LogP contribution in [0.25, 0.3) is 17.0 Å². The molecule has 3 aromatic heterocycles. The second-order valence-corrected chi connectivity index (χ2v) is 8.08. The summed E-state index contributed by atoms with van der Waals surface area (Å²) in [4.78, 5) is 23.0. The molecule has 2 N–H and O–H groups in total. The maximum atomic E-state index is 13.1. The van der Waals surface area contributed by atoms with Crippen LogP contribution in [0.3, 0.4) is 0 Å². The lowest BCUT2D eigenvalue weighted by molar-refractivity contribution is -0.146. The first-order valence-corrected chi connectivity index (χ1v) is 10.7. The molecule has 4 heterocycles. The van der Waals surface area contributed by atoms with Gasteiger partial charge in [-0.3, -0.25) is 4.79 Å². The molecule has 1 fully saturated rings. The lowest BCUT2D eigenvalue weighted by atomic mass is 9.96. The lowest BCUT2D eigenvalue weighted by Crippen LogP contribution is -2.38. The number of carbonyl (C=O) groups is 1. The van der Waals surface area contributed by atoms with Crippen molar-refractivity contribution in [2.24, 2.45) is 5.92 Å². The molecule has 0 unspecified atom stereocenters. The number of nitrogens with zero attached hydrogens (tertiary/aromatic N) is 7. The molecule has 0 aliphatic carbocycles. The molecule has 0 spiro atoms. The Morgan fingerprint density at radius 3 is 2.49 bits per heavy atom. The largest absolute Gasteiger partial charge is 0.508 e. The van der Waals surface area contributed by atoms with Crippen molar-refractivity contribution in [1.82, 2.24) is 29.8 Å². The smallest absolute Gasteiger partial charge is 0.453 e. The zero-order valence-corrected chi connectivity index (χ0v) is 18.1. The molecule has 0 radical (unpaired) electrons. The van der Waals surface area contributed by atoms with Crippen molar-refractivity contribution >= 4 is 23.1 Å². The third kappa shape index (κ3) is 4.69. The molecule has 1 amide bonds. The van der Waals surface area contributed by atoms with E-state index in [1.54, 1.807) is 30.3 Å². The van der Waals surface area contributed by atoms with E-state index in [0.29, 0.717) is 53.3 Å². The van der Waals surface area contributed by atoms with Crippen LogP contribution < -0.4 is 10.2 Å². The first-order chi connectivity index (χ1) is 16.8. The molecule has 1 saturated heterocycles. The fourth-order valence-electron chi connectivity index (χ4n) is 3.93. The van der Waals surface area contributed by atoms with E-state index in [2.05, 4.69) is 30.6 Å². The zero-order chi connectivity index (χ0) is 24.6. The highest BCUT2D eigenvalue weighted by Gasteiger charge is 2.38. The van der Waals surface area contributed by atoms with Gasteiger partial charge in [0.2, 0.25) is 5.91 Å². The number of fused-ring (bicyclic) bond motifs is 1. The van der Waals surface area contributed by atoms with Gasteiger partial charge in [0.05, 0.1) is 18.1 Å². The quantitative estimate of drug-likeness (QED) is 0.453. The van der Waals surface area contributed by atoms with Gasteiger partial charge in [0, 0.05) is 24.6 Å². The van der Waals surface area contributed by atoms with E-state index in [-0.39, 0.29) is 23.2 Å².